The number of nitrogens with two attached hydrogens (primary N) is 1. The maximum atomic E-state index is 15.4. The van der Waals surface area contributed by atoms with E-state index in [1.807, 2.05) is 26.1 Å². The Hall–Kier alpha value is -3.42. The number of aromatic nitrogens is 1. The standard InChI is InChI=1S/C27H34FN3O4/c1-7-33-21-13-17-14-31(26(29)22(17)23(28)25(21)34-8-2)15-20(32)16-11-18(27(3,4)5)24-19(12-16)30(6)9-10-35-24/h11-14H,7-10,15,29H2,1-6H3. The van der Waals surface area contributed by atoms with Gasteiger partial charge in [0.2, 0.25) is 0 Å². The van der Waals surface area contributed by atoms with Gasteiger partial charge in [-0.1, -0.05) is 20.8 Å². The summed E-state index contributed by atoms with van der Waals surface area (Å²) in [6.07, 6.45) is 1.68. The van der Waals surface area contributed by atoms with E-state index >= 15 is 4.39 Å². The first-order valence-corrected chi connectivity index (χ1v) is 12.0. The predicted molar refractivity (Wildman–Crippen MR) is 137 cm³/mol. The first kappa shape index (κ1) is 24.7. The van der Waals surface area contributed by atoms with Crippen molar-refractivity contribution in [1.82, 2.24) is 4.57 Å². The van der Waals surface area contributed by atoms with Crippen LogP contribution in [0.3, 0.4) is 0 Å². The Bertz CT molecular complexity index is 1280. The van der Waals surface area contributed by atoms with Gasteiger partial charge in [0.25, 0.3) is 0 Å². The number of hydrogen-bond acceptors (Lipinski definition) is 6. The maximum Gasteiger partial charge on any atom is 0.197 e. The molecule has 0 spiro atoms. The van der Waals surface area contributed by atoms with Crippen molar-refractivity contribution in [1.29, 1.82) is 0 Å². The van der Waals surface area contributed by atoms with E-state index in [4.69, 9.17) is 19.9 Å². The smallest absolute Gasteiger partial charge is 0.197 e. The van der Waals surface area contributed by atoms with Gasteiger partial charge in [0.15, 0.2) is 23.1 Å². The summed E-state index contributed by atoms with van der Waals surface area (Å²) in [5.41, 5.74) is 8.55. The van der Waals surface area contributed by atoms with Crippen LogP contribution in [0.2, 0.25) is 0 Å². The summed E-state index contributed by atoms with van der Waals surface area (Å²) in [7, 11) is 1.99. The first-order valence-electron chi connectivity index (χ1n) is 12.0. The zero-order valence-electron chi connectivity index (χ0n) is 21.3. The van der Waals surface area contributed by atoms with Gasteiger partial charge in [-0.25, -0.2) is 4.39 Å². The van der Waals surface area contributed by atoms with E-state index in [2.05, 4.69) is 25.7 Å². The number of ether oxygens (including phenoxy) is 3. The van der Waals surface area contributed by atoms with Gasteiger partial charge in [-0.3, -0.25) is 4.79 Å². The molecule has 1 aliphatic rings. The number of Topliss-reactive ketones (excluding diaryl/α,β-unsaturated/α-hetero) is 1. The molecule has 188 valence electrons. The molecule has 8 heteroatoms. The van der Waals surface area contributed by atoms with Crippen LogP contribution in [0.4, 0.5) is 15.9 Å². The second-order valence-electron chi connectivity index (χ2n) is 9.81. The van der Waals surface area contributed by atoms with Gasteiger partial charge in [0.1, 0.15) is 18.2 Å². The Kier molecular flexibility index (Phi) is 6.58. The highest BCUT2D eigenvalue weighted by Gasteiger charge is 2.28. The Balaban J connectivity index is 1.76. The minimum atomic E-state index is -0.584. The van der Waals surface area contributed by atoms with Crippen molar-refractivity contribution >= 4 is 28.1 Å². The number of hydrogen-bond donors (Lipinski definition) is 1. The quantitative estimate of drug-likeness (QED) is 0.467. The molecule has 4 rings (SSSR count). The second kappa shape index (κ2) is 9.32. The zero-order valence-corrected chi connectivity index (χ0v) is 21.3. The SMILES string of the molecule is CCOc1cc2cn(CC(=O)c3cc4c(c(C(C)(C)C)c3)OCCN4C)c(N)c2c(F)c1OCC. The molecule has 0 saturated heterocycles. The van der Waals surface area contributed by atoms with Crippen molar-refractivity contribution in [3.05, 3.63) is 41.3 Å². The van der Waals surface area contributed by atoms with Crippen molar-refractivity contribution in [2.24, 2.45) is 0 Å². The molecular formula is C27H34FN3O4. The van der Waals surface area contributed by atoms with Crippen molar-refractivity contribution in [2.75, 3.05) is 44.0 Å². The van der Waals surface area contributed by atoms with Gasteiger partial charge in [-0.15, -0.1) is 0 Å². The van der Waals surface area contributed by atoms with Crippen molar-refractivity contribution < 1.29 is 23.4 Å². The lowest BCUT2D eigenvalue weighted by molar-refractivity contribution is 0.0973. The van der Waals surface area contributed by atoms with Crippen LogP contribution < -0.4 is 24.8 Å². The third-order valence-electron chi connectivity index (χ3n) is 6.26. The lowest BCUT2D eigenvalue weighted by atomic mass is 9.84. The number of anilines is 2. The third-order valence-corrected chi connectivity index (χ3v) is 6.26. The molecule has 0 bridgehead atoms. The lowest BCUT2D eigenvalue weighted by Crippen LogP contribution is -2.31. The molecule has 1 aromatic heterocycles. The molecule has 0 atom stereocenters. The molecule has 0 unspecified atom stereocenters. The van der Waals surface area contributed by atoms with E-state index in [0.717, 1.165) is 23.5 Å². The van der Waals surface area contributed by atoms with Gasteiger partial charge < -0.3 is 29.4 Å². The molecule has 35 heavy (non-hydrogen) atoms. The van der Waals surface area contributed by atoms with E-state index < -0.39 is 5.82 Å². The van der Waals surface area contributed by atoms with E-state index in [0.29, 0.717) is 29.9 Å². The van der Waals surface area contributed by atoms with E-state index in [1.165, 1.54) is 0 Å². The Morgan fingerprint density at radius 1 is 1.17 bits per heavy atom. The fourth-order valence-corrected chi connectivity index (χ4v) is 4.46. The molecule has 0 saturated carbocycles. The zero-order chi connectivity index (χ0) is 25.5. The summed E-state index contributed by atoms with van der Waals surface area (Å²) in [5.74, 6) is 0.631. The molecule has 3 aromatic rings. The molecule has 0 radical (unpaired) electrons. The number of carbonyl (C=O) groups is 1. The Morgan fingerprint density at radius 2 is 1.89 bits per heavy atom. The average Bonchev–Trinajstić information content (AvgIpc) is 3.10. The van der Waals surface area contributed by atoms with Gasteiger partial charge in [0.05, 0.1) is 37.4 Å². The number of ketones is 1. The Morgan fingerprint density at radius 3 is 2.54 bits per heavy atom. The van der Waals surface area contributed by atoms with Gasteiger partial charge >= 0.3 is 0 Å². The van der Waals surface area contributed by atoms with Gasteiger partial charge in [-0.05, 0) is 37.5 Å². The topological polar surface area (TPSA) is 79.0 Å². The summed E-state index contributed by atoms with van der Waals surface area (Å²) >= 11 is 0. The molecule has 7 nitrogen and oxygen atoms in total. The fraction of sp³-hybridized carbons (Fsp3) is 0.444. The van der Waals surface area contributed by atoms with Crippen LogP contribution >= 0.6 is 0 Å². The Labute approximate surface area is 205 Å². The van der Waals surface area contributed by atoms with Crippen LogP contribution in [0.25, 0.3) is 10.8 Å². The monoisotopic (exact) mass is 483 g/mol. The van der Waals surface area contributed by atoms with Crippen LogP contribution in [0.1, 0.15) is 50.5 Å². The highest BCUT2D eigenvalue weighted by Crippen LogP contribution is 2.42. The average molecular weight is 484 g/mol. The van der Waals surface area contributed by atoms with Crippen LogP contribution in [-0.2, 0) is 12.0 Å². The molecule has 1 aliphatic heterocycles. The van der Waals surface area contributed by atoms with Crippen molar-refractivity contribution in [2.45, 2.75) is 46.6 Å². The summed E-state index contributed by atoms with van der Waals surface area (Å²) < 4.78 is 34.1. The van der Waals surface area contributed by atoms with Gasteiger partial charge in [0, 0.05) is 29.8 Å². The maximum absolute atomic E-state index is 15.4. The fourth-order valence-electron chi connectivity index (χ4n) is 4.46. The molecule has 0 amide bonds. The molecular weight excluding hydrogens is 449 g/mol. The molecule has 2 heterocycles. The highest BCUT2D eigenvalue weighted by atomic mass is 19.1. The minimum absolute atomic E-state index is 0.0270. The van der Waals surface area contributed by atoms with E-state index in [1.54, 1.807) is 23.8 Å². The van der Waals surface area contributed by atoms with Crippen LogP contribution in [0, 0.1) is 5.82 Å². The normalized spacial score (nSPS) is 13.5. The van der Waals surface area contributed by atoms with Crippen LogP contribution in [0.15, 0.2) is 24.4 Å². The summed E-state index contributed by atoms with van der Waals surface area (Å²) in [6.45, 7) is 11.9. The number of carbonyl (C=O) groups excluding carboxylic acids is 1. The number of nitrogen functional groups attached to an aromatic ring is 1. The number of halogens is 1. The molecule has 2 aromatic carbocycles. The lowest BCUT2D eigenvalue weighted by Gasteiger charge is -2.33. The highest BCUT2D eigenvalue weighted by molar-refractivity contribution is 6.00. The number of benzene rings is 2. The van der Waals surface area contributed by atoms with Crippen molar-refractivity contribution in [3.63, 3.8) is 0 Å². The molecule has 2 N–H and O–H groups in total. The summed E-state index contributed by atoms with van der Waals surface area (Å²) in [4.78, 5) is 15.6. The molecule has 0 fully saturated rings. The number of fused-ring (bicyclic) bond motifs is 2. The number of rotatable bonds is 7. The second-order valence-corrected chi connectivity index (χ2v) is 9.81. The largest absolute Gasteiger partial charge is 0.490 e. The van der Waals surface area contributed by atoms with Crippen molar-refractivity contribution in [3.8, 4) is 17.2 Å². The predicted octanol–water partition coefficient (Wildman–Crippen LogP) is 5.17. The van der Waals surface area contributed by atoms with E-state index in [-0.39, 0.29) is 41.3 Å². The summed E-state index contributed by atoms with van der Waals surface area (Å²) in [6, 6.07) is 5.47. The molecule has 0 aliphatic carbocycles. The van der Waals surface area contributed by atoms with Gasteiger partial charge in [-0.2, -0.15) is 0 Å². The van der Waals surface area contributed by atoms with Crippen LogP contribution in [-0.4, -0.2) is 43.8 Å². The minimum Gasteiger partial charge on any atom is -0.490 e. The number of nitrogens with zero attached hydrogens (tertiary/aromatic N) is 2. The first-order chi connectivity index (χ1) is 16.6. The number of likely N-dealkylation sites (N-methyl/N-ethyl adjacent to an activating group) is 1. The summed E-state index contributed by atoms with van der Waals surface area (Å²) in [5, 5.41) is 0.771. The third kappa shape index (κ3) is 4.49. The van der Waals surface area contributed by atoms with Crippen LogP contribution in [0.5, 0.6) is 17.2 Å². The van der Waals surface area contributed by atoms with E-state index in [9.17, 15) is 4.79 Å².